The second kappa shape index (κ2) is 19.0. The molecule has 0 bridgehead atoms. The molecule has 1 N–H and O–H groups in total. The van der Waals surface area contributed by atoms with Crippen LogP contribution in [0.1, 0.15) is 35.2 Å². The fourth-order valence-corrected chi connectivity index (χ4v) is 7.02. The molecule has 0 aliphatic carbocycles. The molecule has 5 aromatic rings. The van der Waals surface area contributed by atoms with Gasteiger partial charge in [-0.3, -0.25) is 0 Å². The van der Waals surface area contributed by atoms with Crippen LogP contribution in [0.25, 0.3) is 0 Å². The summed E-state index contributed by atoms with van der Waals surface area (Å²) in [6, 6.07) is 40.8. The third-order valence-corrected chi connectivity index (χ3v) is 9.59. The molecule has 43 heavy (non-hydrogen) atoms. The van der Waals surface area contributed by atoms with E-state index in [1.165, 1.54) is 5.56 Å². The standard InChI is InChI=1S/C25H31NO3P.C7H8.C5H5.Fe/c1-18(26(2)3)21-14-15-24(25(21)27)30(16-19-10-6-8-12-22(19)28-4)17-20-11-7-9-13-23(20)29-5;1-7-5-3-2-4-6-7;1-2-4-5-3-1;/h6-15,18,27H,16-17H2,1-5H3;2-6H,1H3;1-5H;/q-1;;-5;. The van der Waals surface area contributed by atoms with Crippen LogP contribution in [0.3, 0.4) is 0 Å². The average Bonchev–Trinajstić information content (AvgIpc) is 3.71. The number of benzene rings is 3. The molecule has 0 radical (unpaired) electrons. The van der Waals surface area contributed by atoms with Crippen molar-refractivity contribution in [3.05, 3.63) is 144 Å². The minimum atomic E-state index is -0.725. The number of hydrogen-bond donors (Lipinski definition) is 1. The molecule has 5 aromatic carbocycles. The first-order chi connectivity index (χ1) is 20.3. The van der Waals surface area contributed by atoms with Crippen molar-refractivity contribution >= 4 is 13.2 Å². The fourth-order valence-electron chi connectivity index (χ4n) is 4.50. The summed E-state index contributed by atoms with van der Waals surface area (Å²) in [5, 5.41) is 12.2. The van der Waals surface area contributed by atoms with Crippen LogP contribution in [0.2, 0.25) is 0 Å². The summed E-state index contributed by atoms with van der Waals surface area (Å²) in [5.74, 6) is 2.20. The van der Waals surface area contributed by atoms with Gasteiger partial charge >= 0.3 is 0 Å². The minimum absolute atomic E-state index is 0. The molecule has 0 amide bonds. The molecule has 0 aliphatic rings. The number of aromatic hydroxyl groups is 1. The first-order valence-electron chi connectivity index (χ1n) is 14.2. The summed E-state index contributed by atoms with van der Waals surface area (Å²) < 4.78 is 11.2. The van der Waals surface area contributed by atoms with Crippen molar-refractivity contribution in [1.29, 1.82) is 0 Å². The molecule has 5 rings (SSSR count). The van der Waals surface area contributed by atoms with Gasteiger partial charge in [-0.2, -0.15) is 6.07 Å². The predicted molar refractivity (Wildman–Crippen MR) is 179 cm³/mol. The summed E-state index contributed by atoms with van der Waals surface area (Å²) >= 11 is 0. The molecular weight excluding hydrogens is 593 g/mol. The van der Waals surface area contributed by atoms with E-state index in [4.69, 9.17) is 9.47 Å². The van der Waals surface area contributed by atoms with Crippen LogP contribution in [0.4, 0.5) is 0 Å². The van der Waals surface area contributed by atoms with E-state index in [1.54, 1.807) is 14.2 Å². The summed E-state index contributed by atoms with van der Waals surface area (Å²) in [4.78, 5) is 2.11. The molecule has 0 heterocycles. The molecule has 1 atom stereocenters. The fraction of sp³-hybridized carbons (Fsp3) is 0.243. The van der Waals surface area contributed by atoms with Crippen LogP contribution in [0, 0.1) is 6.92 Å². The second-order valence-corrected chi connectivity index (χ2v) is 12.5. The number of aryl methyl sites for hydroxylation is 1. The van der Waals surface area contributed by atoms with E-state index in [-0.39, 0.29) is 23.1 Å². The summed E-state index contributed by atoms with van der Waals surface area (Å²) in [6.45, 7) is 4.20. The van der Waals surface area contributed by atoms with Crippen LogP contribution in [0.5, 0.6) is 17.2 Å². The van der Waals surface area contributed by atoms with Crippen molar-refractivity contribution < 1.29 is 31.6 Å². The first-order valence-corrected chi connectivity index (χ1v) is 15.9. The topological polar surface area (TPSA) is 41.9 Å². The van der Waals surface area contributed by atoms with Gasteiger partial charge in [-0.15, -0.1) is 13.5 Å². The monoisotopic (exact) mass is 637 g/mol. The SMILES string of the molecule is COc1ccccc1CP(Cc1ccccc1OC)[c-]1ccc(C(C)N(C)C)c1O.Cc1ccccc1.[Fe].[cH-]1[cH-][cH-][cH-][cH-]1. The molecule has 6 heteroatoms. The molecule has 4 nitrogen and oxygen atoms in total. The van der Waals surface area contributed by atoms with Gasteiger partial charge < -0.3 is 49.8 Å². The molecular formula is C37H44FeNO3P-6. The number of nitrogens with zero attached hydrogens (tertiary/aromatic N) is 1. The number of methoxy groups -OCH3 is 2. The number of ether oxygens (including phenoxy) is 2. The van der Waals surface area contributed by atoms with Crippen LogP contribution in [-0.2, 0) is 29.4 Å². The normalized spacial score (nSPS) is 11.0. The second-order valence-electron chi connectivity index (χ2n) is 10.3. The molecule has 234 valence electrons. The molecule has 0 saturated heterocycles. The van der Waals surface area contributed by atoms with Gasteiger partial charge in [0.1, 0.15) is 11.5 Å². The Hall–Kier alpha value is -3.33. The van der Waals surface area contributed by atoms with Gasteiger partial charge in [0.05, 0.1) is 14.2 Å². The Morgan fingerprint density at radius 1 is 0.744 bits per heavy atom. The summed E-state index contributed by atoms with van der Waals surface area (Å²) in [6.07, 6.45) is 1.65. The molecule has 0 aromatic heterocycles. The molecule has 0 saturated carbocycles. The Kier molecular flexibility index (Phi) is 15.9. The van der Waals surface area contributed by atoms with E-state index in [0.717, 1.165) is 45.8 Å². The van der Waals surface area contributed by atoms with Gasteiger partial charge in [0.25, 0.3) is 0 Å². The van der Waals surface area contributed by atoms with Crippen molar-refractivity contribution in [2.24, 2.45) is 0 Å². The van der Waals surface area contributed by atoms with Crippen molar-refractivity contribution in [2.75, 3.05) is 28.3 Å². The number of hydrogen-bond acceptors (Lipinski definition) is 4. The zero-order chi connectivity index (χ0) is 30.3. The largest absolute Gasteiger partial charge is 0.748 e. The van der Waals surface area contributed by atoms with E-state index >= 15 is 0 Å². The zero-order valence-electron chi connectivity index (χ0n) is 26.1. The number of para-hydroxylation sites is 2. The third-order valence-electron chi connectivity index (χ3n) is 7.11. The van der Waals surface area contributed by atoms with E-state index in [0.29, 0.717) is 5.75 Å². The maximum atomic E-state index is 11.2. The average molecular weight is 638 g/mol. The van der Waals surface area contributed by atoms with Gasteiger partial charge in [0, 0.05) is 22.8 Å². The molecule has 0 fully saturated rings. The Morgan fingerprint density at radius 3 is 1.58 bits per heavy atom. The zero-order valence-corrected chi connectivity index (χ0v) is 28.0. The van der Waals surface area contributed by atoms with Gasteiger partial charge in [-0.05, 0) is 62.6 Å². The third kappa shape index (κ3) is 11.0. The van der Waals surface area contributed by atoms with Gasteiger partial charge in [-0.25, -0.2) is 6.07 Å². The molecule has 0 spiro atoms. The van der Waals surface area contributed by atoms with Crippen LogP contribution < -0.4 is 14.8 Å². The van der Waals surface area contributed by atoms with Crippen molar-refractivity contribution in [1.82, 2.24) is 4.90 Å². The minimum Gasteiger partial charge on any atom is -0.748 e. The van der Waals surface area contributed by atoms with Crippen LogP contribution >= 0.6 is 7.92 Å². The van der Waals surface area contributed by atoms with E-state index in [9.17, 15) is 5.11 Å². The van der Waals surface area contributed by atoms with Crippen molar-refractivity contribution in [3.8, 4) is 17.2 Å². The molecule has 1 unspecified atom stereocenters. The first kappa shape index (κ1) is 35.9. The van der Waals surface area contributed by atoms with E-state index in [1.807, 2.05) is 99.0 Å². The Balaban J connectivity index is 0.000000409. The van der Waals surface area contributed by atoms with Crippen molar-refractivity contribution in [3.63, 3.8) is 0 Å². The maximum Gasteiger partial charge on any atom is 0.122 e. The maximum absolute atomic E-state index is 11.2. The van der Waals surface area contributed by atoms with Crippen molar-refractivity contribution in [2.45, 2.75) is 32.2 Å². The Bertz CT molecular complexity index is 1370. The molecule has 0 aliphatic heterocycles. The van der Waals surface area contributed by atoms with Crippen LogP contribution in [0.15, 0.2) is 121 Å². The quantitative estimate of drug-likeness (QED) is 0.0998. The van der Waals surface area contributed by atoms with Gasteiger partial charge in [0.15, 0.2) is 0 Å². The Labute approximate surface area is 270 Å². The smallest absolute Gasteiger partial charge is 0.122 e. The van der Waals surface area contributed by atoms with Crippen LogP contribution in [-0.4, -0.2) is 38.3 Å². The van der Waals surface area contributed by atoms with E-state index in [2.05, 4.69) is 55.1 Å². The Morgan fingerprint density at radius 2 is 1.19 bits per heavy atom. The van der Waals surface area contributed by atoms with Gasteiger partial charge in [0.2, 0.25) is 0 Å². The summed E-state index contributed by atoms with van der Waals surface area (Å²) in [5.41, 5.74) is 4.61. The summed E-state index contributed by atoms with van der Waals surface area (Å²) in [7, 11) is 6.75. The van der Waals surface area contributed by atoms with Gasteiger partial charge in [-0.1, -0.05) is 84.5 Å². The number of rotatable bonds is 9. The van der Waals surface area contributed by atoms with E-state index < -0.39 is 7.92 Å². The predicted octanol–water partition coefficient (Wildman–Crippen LogP) is 8.66.